The Bertz CT molecular complexity index is 181. The van der Waals surface area contributed by atoms with Crippen LogP contribution >= 0.6 is 0 Å². The number of nitrogens with two attached hydrogens (primary N) is 1. The second-order valence-electron chi connectivity index (χ2n) is 3.53. The molecule has 0 rings (SSSR count). The molecule has 0 saturated carbocycles. The summed E-state index contributed by atoms with van der Waals surface area (Å²) in [5.41, 5.74) is 5.02. The fourth-order valence-electron chi connectivity index (χ4n) is 0.521. The van der Waals surface area contributed by atoms with Gasteiger partial charge in [-0.3, -0.25) is 9.59 Å². The molecule has 2 N–H and O–H groups in total. The predicted octanol–water partition coefficient (Wildman–Crippen LogP) is 0.246. The Kier molecular flexibility index (Phi) is 3.89. The van der Waals surface area contributed by atoms with E-state index in [0.29, 0.717) is 0 Å². The third-order valence-electron chi connectivity index (χ3n) is 0.998. The molecule has 0 aromatic heterocycles. The molecule has 0 fully saturated rings. The van der Waals surface area contributed by atoms with Crippen LogP contribution in [0.5, 0.6) is 0 Å². The predicted molar refractivity (Wildman–Crippen MR) is 44.5 cm³/mol. The minimum atomic E-state index is -0.535. The van der Waals surface area contributed by atoms with Gasteiger partial charge in [0.1, 0.15) is 18.8 Å². The van der Waals surface area contributed by atoms with Crippen molar-refractivity contribution >= 4 is 11.8 Å². The van der Waals surface area contributed by atoms with Gasteiger partial charge >= 0.3 is 5.97 Å². The highest BCUT2D eigenvalue weighted by atomic mass is 16.5. The molecule has 0 amide bonds. The van der Waals surface area contributed by atoms with E-state index in [9.17, 15) is 9.59 Å². The molecule has 12 heavy (non-hydrogen) atoms. The molecular weight excluding hydrogens is 158 g/mol. The molecule has 70 valence electrons. The van der Waals surface area contributed by atoms with Crippen LogP contribution in [-0.2, 0) is 14.3 Å². The van der Waals surface area contributed by atoms with E-state index in [-0.39, 0.29) is 18.8 Å². The highest BCUT2D eigenvalue weighted by molar-refractivity contribution is 5.94. The van der Waals surface area contributed by atoms with Gasteiger partial charge in [-0.1, -0.05) is 0 Å². The lowest BCUT2D eigenvalue weighted by Crippen LogP contribution is -2.38. The number of ketones is 1. The van der Waals surface area contributed by atoms with E-state index in [1.807, 2.05) is 0 Å². The van der Waals surface area contributed by atoms with Crippen LogP contribution in [-0.4, -0.2) is 23.9 Å². The van der Waals surface area contributed by atoms with Crippen molar-refractivity contribution in [3.8, 4) is 0 Å². The third kappa shape index (κ3) is 7.21. The van der Waals surface area contributed by atoms with Crippen molar-refractivity contribution in [2.24, 2.45) is 5.73 Å². The molecule has 0 heterocycles. The Morgan fingerprint density at radius 2 is 1.92 bits per heavy atom. The normalized spacial score (nSPS) is 11.0. The number of hydrogen-bond donors (Lipinski definition) is 1. The molecule has 0 spiro atoms. The first kappa shape index (κ1) is 11.1. The molecule has 0 aromatic carbocycles. The minimum Gasteiger partial charge on any atom is -0.463 e. The molecule has 0 aliphatic rings. The van der Waals surface area contributed by atoms with Crippen LogP contribution in [0, 0.1) is 0 Å². The monoisotopic (exact) mass is 173 g/mol. The summed E-state index contributed by atoms with van der Waals surface area (Å²) in [4.78, 5) is 21.2. The summed E-state index contributed by atoms with van der Waals surface area (Å²) in [6.45, 7) is 4.97. The fourth-order valence-corrected chi connectivity index (χ4v) is 0.521. The second-order valence-corrected chi connectivity index (χ2v) is 3.53. The summed E-state index contributed by atoms with van der Waals surface area (Å²) < 4.78 is 4.73. The van der Waals surface area contributed by atoms with E-state index in [0.717, 1.165) is 0 Å². The van der Waals surface area contributed by atoms with Crippen LogP contribution in [0.2, 0.25) is 0 Å². The molecule has 0 atom stereocenters. The number of Topliss-reactive ketones (excluding diaryl/α,β-unsaturated/α-hetero) is 1. The van der Waals surface area contributed by atoms with Gasteiger partial charge < -0.3 is 10.5 Å². The van der Waals surface area contributed by atoms with Crippen molar-refractivity contribution in [3.63, 3.8) is 0 Å². The minimum absolute atomic E-state index is 0.138. The van der Waals surface area contributed by atoms with Crippen molar-refractivity contribution < 1.29 is 14.3 Å². The van der Waals surface area contributed by atoms with Gasteiger partial charge in [-0.25, -0.2) is 0 Å². The number of carbonyl (C=O) groups excluding carboxylic acids is 2. The van der Waals surface area contributed by atoms with Crippen LogP contribution in [0.3, 0.4) is 0 Å². The number of carbonyl (C=O) groups is 2. The first-order valence-electron chi connectivity index (χ1n) is 3.75. The van der Waals surface area contributed by atoms with E-state index in [1.165, 1.54) is 6.92 Å². The first-order chi connectivity index (χ1) is 5.31. The van der Waals surface area contributed by atoms with Crippen molar-refractivity contribution in [2.75, 3.05) is 6.61 Å². The number of hydrogen-bond acceptors (Lipinski definition) is 4. The largest absolute Gasteiger partial charge is 0.463 e. The Hall–Kier alpha value is -0.900. The Morgan fingerprint density at radius 3 is 2.25 bits per heavy atom. The molecule has 0 aromatic rings. The number of ether oxygens (including phenoxy) is 1. The molecule has 0 saturated heterocycles. The third-order valence-corrected chi connectivity index (χ3v) is 0.998. The first-order valence-corrected chi connectivity index (χ1v) is 3.75. The summed E-state index contributed by atoms with van der Waals surface area (Å²) in [5.74, 6) is -0.712. The van der Waals surface area contributed by atoms with Crippen LogP contribution < -0.4 is 5.73 Å². The lowest BCUT2D eigenvalue weighted by Gasteiger charge is -2.17. The summed E-state index contributed by atoms with van der Waals surface area (Å²) in [7, 11) is 0. The van der Waals surface area contributed by atoms with Crippen molar-refractivity contribution in [2.45, 2.75) is 32.7 Å². The molecule has 4 nitrogen and oxygen atoms in total. The fraction of sp³-hybridized carbons (Fsp3) is 0.750. The van der Waals surface area contributed by atoms with Crippen LogP contribution in [0.4, 0.5) is 0 Å². The average Bonchev–Trinajstić information content (AvgIpc) is 1.80. The van der Waals surface area contributed by atoms with Gasteiger partial charge in [-0.2, -0.15) is 0 Å². The summed E-state index contributed by atoms with van der Waals surface area (Å²) in [6.07, 6.45) is -0.171. The van der Waals surface area contributed by atoms with Gasteiger partial charge in [0.25, 0.3) is 0 Å². The molecule has 0 radical (unpaired) electrons. The zero-order valence-corrected chi connectivity index (χ0v) is 7.72. The molecule has 0 aliphatic carbocycles. The Balaban J connectivity index is 3.65. The van der Waals surface area contributed by atoms with Gasteiger partial charge in [0.05, 0.1) is 0 Å². The van der Waals surface area contributed by atoms with Gasteiger partial charge in [0.2, 0.25) is 0 Å². The number of esters is 1. The number of rotatable bonds is 4. The Morgan fingerprint density at radius 1 is 1.42 bits per heavy atom. The maximum atomic E-state index is 10.8. The van der Waals surface area contributed by atoms with Crippen LogP contribution in [0.25, 0.3) is 0 Å². The van der Waals surface area contributed by atoms with Crippen molar-refractivity contribution in [3.05, 3.63) is 0 Å². The van der Waals surface area contributed by atoms with E-state index in [4.69, 9.17) is 10.5 Å². The molecular formula is C8H15NO3. The molecule has 0 bridgehead atoms. The van der Waals surface area contributed by atoms with Gasteiger partial charge in [-0.05, 0) is 20.8 Å². The zero-order valence-electron chi connectivity index (χ0n) is 7.72. The molecule has 0 unspecified atom stereocenters. The van der Waals surface area contributed by atoms with E-state index >= 15 is 0 Å². The van der Waals surface area contributed by atoms with E-state index in [2.05, 4.69) is 0 Å². The SMILES string of the molecule is CC(=O)CC(=O)OCC(C)(C)N. The van der Waals surface area contributed by atoms with Crippen molar-refractivity contribution in [1.29, 1.82) is 0 Å². The van der Waals surface area contributed by atoms with E-state index < -0.39 is 11.5 Å². The summed E-state index contributed by atoms with van der Waals surface area (Å²) in [5, 5.41) is 0. The van der Waals surface area contributed by atoms with Gasteiger partial charge in [0, 0.05) is 5.54 Å². The van der Waals surface area contributed by atoms with Crippen LogP contribution in [0.15, 0.2) is 0 Å². The van der Waals surface area contributed by atoms with E-state index in [1.54, 1.807) is 13.8 Å². The maximum absolute atomic E-state index is 10.8. The standard InChI is InChI=1S/C8H15NO3/c1-6(10)4-7(11)12-5-8(2,3)9/h4-5,9H2,1-3H3. The average molecular weight is 173 g/mol. The molecule has 4 heteroatoms. The summed E-state index contributed by atoms with van der Waals surface area (Å²) in [6, 6.07) is 0. The van der Waals surface area contributed by atoms with Crippen molar-refractivity contribution in [1.82, 2.24) is 0 Å². The lowest BCUT2D eigenvalue weighted by molar-refractivity contribution is -0.147. The van der Waals surface area contributed by atoms with Crippen LogP contribution in [0.1, 0.15) is 27.2 Å². The smallest absolute Gasteiger partial charge is 0.313 e. The second kappa shape index (κ2) is 4.21. The van der Waals surface area contributed by atoms with Gasteiger partial charge in [-0.15, -0.1) is 0 Å². The maximum Gasteiger partial charge on any atom is 0.313 e. The lowest BCUT2D eigenvalue weighted by atomic mass is 10.1. The molecule has 0 aliphatic heterocycles. The highest BCUT2D eigenvalue weighted by Crippen LogP contribution is 1.98. The van der Waals surface area contributed by atoms with Gasteiger partial charge in [0.15, 0.2) is 0 Å². The Labute approximate surface area is 72.1 Å². The highest BCUT2D eigenvalue weighted by Gasteiger charge is 2.14. The quantitative estimate of drug-likeness (QED) is 0.488. The summed E-state index contributed by atoms with van der Waals surface area (Å²) >= 11 is 0. The zero-order chi connectivity index (χ0) is 9.78. The topological polar surface area (TPSA) is 69.4 Å².